The maximum Gasteiger partial charge on any atom is 0.324 e. The van der Waals surface area contributed by atoms with Gasteiger partial charge in [0.2, 0.25) is 0 Å². The molecule has 2 heterocycles. The molecule has 1 aromatic carbocycles. The summed E-state index contributed by atoms with van der Waals surface area (Å²) in [6, 6.07) is 3.78. The van der Waals surface area contributed by atoms with Gasteiger partial charge in [-0.2, -0.15) is 8.42 Å². The van der Waals surface area contributed by atoms with Crippen LogP contribution >= 0.6 is 11.6 Å². The molecule has 1 unspecified atom stereocenters. The maximum absolute atomic E-state index is 12.3. The van der Waals surface area contributed by atoms with E-state index in [-0.39, 0.29) is 6.04 Å². The van der Waals surface area contributed by atoms with Crippen LogP contribution in [0.15, 0.2) is 12.1 Å². The Hall–Kier alpha value is -0.980. The zero-order valence-electron chi connectivity index (χ0n) is 11.8. The third kappa shape index (κ3) is 2.29. The van der Waals surface area contributed by atoms with E-state index in [4.69, 9.17) is 11.6 Å². The second-order valence-electron chi connectivity index (χ2n) is 6.32. The summed E-state index contributed by atoms with van der Waals surface area (Å²) in [6.45, 7) is 4.39. The van der Waals surface area contributed by atoms with Gasteiger partial charge in [-0.15, -0.1) is 0 Å². The molecule has 5 nitrogen and oxygen atoms in total. The molecule has 0 aromatic heterocycles. The molecule has 1 atom stereocenters. The van der Waals surface area contributed by atoms with Crippen LogP contribution in [0.1, 0.15) is 25.3 Å². The Kier molecular flexibility index (Phi) is 2.93. The summed E-state index contributed by atoms with van der Waals surface area (Å²) in [7, 11) is -3.48. The molecule has 1 N–H and O–H groups in total. The Morgan fingerprint density at radius 3 is 2.86 bits per heavy atom. The van der Waals surface area contributed by atoms with Crippen LogP contribution in [0, 0.1) is 5.92 Å². The molecule has 1 aliphatic carbocycles. The minimum atomic E-state index is -3.48. The van der Waals surface area contributed by atoms with Gasteiger partial charge in [-0.1, -0.05) is 11.6 Å². The van der Waals surface area contributed by atoms with E-state index in [0.29, 0.717) is 17.3 Å². The highest BCUT2D eigenvalue weighted by molar-refractivity contribution is 7.94. The first kappa shape index (κ1) is 13.7. The normalized spacial score (nSPS) is 27.1. The summed E-state index contributed by atoms with van der Waals surface area (Å²) in [5.41, 5.74) is 2.39. The highest BCUT2D eigenvalue weighted by Crippen LogP contribution is 2.44. The number of nitrogens with zero attached hydrogens (tertiary/aromatic N) is 2. The summed E-state index contributed by atoms with van der Waals surface area (Å²) in [6.07, 6.45) is 2.58. The van der Waals surface area contributed by atoms with Crippen LogP contribution in [-0.4, -0.2) is 32.4 Å². The van der Waals surface area contributed by atoms with Crippen molar-refractivity contribution in [3.8, 4) is 0 Å². The number of halogens is 1. The van der Waals surface area contributed by atoms with Crippen molar-refractivity contribution in [2.75, 3.05) is 22.1 Å². The number of hydrogen-bond acceptors (Lipinski definition) is 3. The Morgan fingerprint density at radius 2 is 2.14 bits per heavy atom. The lowest BCUT2D eigenvalue weighted by Crippen LogP contribution is -2.42. The average Bonchev–Trinajstić information content (AvgIpc) is 3.15. The molecule has 3 aliphatic rings. The predicted octanol–water partition coefficient (Wildman–Crippen LogP) is 2.43. The van der Waals surface area contributed by atoms with Gasteiger partial charge in [-0.25, -0.2) is 4.31 Å². The zero-order chi connectivity index (χ0) is 14.8. The SMILES string of the molecule is CC1CN2c3c(cc(Cl)cc3NS2(=O)=O)CN1CC1CC1. The van der Waals surface area contributed by atoms with Crippen LogP contribution in [-0.2, 0) is 16.8 Å². The molecule has 1 fully saturated rings. The van der Waals surface area contributed by atoms with Gasteiger partial charge >= 0.3 is 10.2 Å². The molecule has 0 amide bonds. The van der Waals surface area contributed by atoms with E-state index < -0.39 is 10.2 Å². The topological polar surface area (TPSA) is 52.7 Å². The van der Waals surface area contributed by atoms with Crippen LogP contribution in [0.25, 0.3) is 0 Å². The van der Waals surface area contributed by atoms with E-state index >= 15 is 0 Å². The van der Waals surface area contributed by atoms with Crippen LogP contribution in [0.3, 0.4) is 0 Å². The van der Waals surface area contributed by atoms with E-state index in [2.05, 4.69) is 16.5 Å². The lowest BCUT2D eigenvalue weighted by atomic mass is 10.1. The maximum atomic E-state index is 12.3. The summed E-state index contributed by atoms with van der Waals surface area (Å²) in [5, 5.41) is 0.578. The zero-order valence-corrected chi connectivity index (χ0v) is 13.4. The number of benzene rings is 1. The van der Waals surface area contributed by atoms with E-state index in [1.54, 1.807) is 6.07 Å². The van der Waals surface area contributed by atoms with Crippen molar-refractivity contribution in [3.63, 3.8) is 0 Å². The number of hydrogen-bond donors (Lipinski definition) is 1. The van der Waals surface area contributed by atoms with Crippen LogP contribution in [0.4, 0.5) is 11.4 Å². The van der Waals surface area contributed by atoms with Crippen molar-refractivity contribution < 1.29 is 8.42 Å². The number of rotatable bonds is 2. The Bertz CT molecular complexity index is 702. The van der Waals surface area contributed by atoms with Gasteiger partial charge < -0.3 is 0 Å². The lowest BCUT2D eigenvalue weighted by molar-refractivity contribution is 0.201. The highest BCUT2D eigenvalue weighted by atomic mass is 35.5. The van der Waals surface area contributed by atoms with E-state index in [1.165, 1.54) is 17.1 Å². The van der Waals surface area contributed by atoms with Crippen LogP contribution in [0.5, 0.6) is 0 Å². The average molecular weight is 328 g/mol. The van der Waals surface area contributed by atoms with Gasteiger partial charge in [-0.3, -0.25) is 9.62 Å². The predicted molar refractivity (Wildman–Crippen MR) is 83.9 cm³/mol. The van der Waals surface area contributed by atoms with Crippen molar-refractivity contribution in [1.82, 2.24) is 4.90 Å². The molecule has 21 heavy (non-hydrogen) atoms. The van der Waals surface area contributed by atoms with Crippen molar-refractivity contribution in [2.24, 2.45) is 5.92 Å². The van der Waals surface area contributed by atoms with Crippen molar-refractivity contribution in [2.45, 2.75) is 32.4 Å². The van der Waals surface area contributed by atoms with Crippen molar-refractivity contribution in [3.05, 3.63) is 22.7 Å². The first-order valence-corrected chi connectivity index (χ1v) is 9.13. The van der Waals surface area contributed by atoms with E-state index in [9.17, 15) is 8.42 Å². The fourth-order valence-corrected chi connectivity index (χ4v) is 4.91. The summed E-state index contributed by atoms with van der Waals surface area (Å²) >= 11 is 6.16. The summed E-state index contributed by atoms with van der Waals surface area (Å²) in [5.74, 6) is 0.777. The minimum Gasteiger partial charge on any atom is -0.294 e. The van der Waals surface area contributed by atoms with Crippen LogP contribution < -0.4 is 9.03 Å². The Morgan fingerprint density at radius 1 is 1.38 bits per heavy atom. The molecule has 4 rings (SSSR count). The minimum absolute atomic E-state index is 0.194. The second kappa shape index (κ2) is 4.51. The molecule has 0 bridgehead atoms. The Labute approximate surface area is 130 Å². The van der Waals surface area contributed by atoms with Crippen molar-refractivity contribution >= 4 is 33.2 Å². The highest BCUT2D eigenvalue weighted by Gasteiger charge is 2.40. The number of anilines is 2. The van der Waals surface area contributed by atoms with Crippen molar-refractivity contribution in [1.29, 1.82) is 0 Å². The van der Waals surface area contributed by atoms with Gasteiger partial charge in [0.25, 0.3) is 0 Å². The molecule has 1 saturated carbocycles. The lowest BCUT2D eigenvalue weighted by Gasteiger charge is -2.28. The van der Waals surface area contributed by atoms with Gasteiger partial charge in [0.05, 0.1) is 17.9 Å². The molecule has 0 spiro atoms. The fraction of sp³-hybridized carbons (Fsp3) is 0.571. The van der Waals surface area contributed by atoms with Gasteiger partial charge in [0.1, 0.15) is 0 Å². The summed E-state index contributed by atoms with van der Waals surface area (Å²) in [4.78, 5) is 2.39. The molecular formula is C14H18ClN3O2S. The van der Waals surface area contributed by atoms with Gasteiger partial charge in [-0.05, 0) is 43.4 Å². The second-order valence-corrected chi connectivity index (χ2v) is 8.35. The molecule has 2 aliphatic heterocycles. The quantitative estimate of drug-likeness (QED) is 0.907. The largest absolute Gasteiger partial charge is 0.324 e. The van der Waals surface area contributed by atoms with E-state index in [1.807, 2.05) is 6.07 Å². The standard InChI is InChI=1S/C14H18ClN3O2S/c1-9-6-18-14-11(8-17(9)7-10-2-3-10)4-12(15)5-13(14)16-21(18,19)20/h4-5,9-10,16H,2-3,6-8H2,1H3. The first-order chi connectivity index (χ1) is 9.94. The molecule has 0 radical (unpaired) electrons. The van der Waals surface area contributed by atoms with Gasteiger partial charge in [0, 0.05) is 24.2 Å². The smallest absolute Gasteiger partial charge is 0.294 e. The Balaban J connectivity index is 1.80. The number of nitrogens with one attached hydrogen (secondary N) is 1. The van der Waals surface area contributed by atoms with E-state index in [0.717, 1.165) is 30.3 Å². The van der Waals surface area contributed by atoms with Gasteiger partial charge in [0.15, 0.2) is 0 Å². The molecule has 1 aromatic rings. The molecule has 7 heteroatoms. The monoisotopic (exact) mass is 327 g/mol. The molecule has 0 saturated heterocycles. The fourth-order valence-electron chi connectivity index (χ4n) is 3.26. The third-order valence-electron chi connectivity index (χ3n) is 4.55. The third-order valence-corrected chi connectivity index (χ3v) is 6.16. The summed E-state index contributed by atoms with van der Waals surface area (Å²) < 4.78 is 28.8. The first-order valence-electron chi connectivity index (χ1n) is 7.31. The molecule has 114 valence electrons. The van der Waals surface area contributed by atoms with Crippen LogP contribution in [0.2, 0.25) is 5.02 Å². The molecular weight excluding hydrogens is 310 g/mol.